The van der Waals surface area contributed by atoms with Crippen LogP contribution in [0, 0.1) is 0 Å². The predicted molar refractivity (Wildman–Crippen MR) is 113 cm³/mol. The zero-order valence-corrected chi connectivity index (χ0v) is 16.6. The Morgan fingerprint density at radius 1 is 0.833 bits per heavy atom. The van der Waals surface area contributed by atoms with Gasteiger partial charge in [0.05, 0.1) is 20.4 Å². The molecule has 0 heterocycles. The number of hydrazone groups is 1. The van der Waals surface area contributed by atoms with Gasteiger partial charge < -0.3 is 18.9 Å². The molecule has 154 valence electrons. The van der Waals surface area contributed by atoms with Crippen LogP contribution in [0.2, 0.25) is 0 Å². The Labute approximate surface area is 174 Å². The third kappa shape index (κ3) is 5.51. The average Bonchev–Trinajstić information content (AvgIpc) is 2.79. The first kappa shape index (κ1) is 20.7. The third-order valence-electron chi connectivity index (χ3n) is 4.00. The minimum Gasteiger partial charge on any atom is -0.493 e. The van der Waals surface area contributed by atoms with Crippen LogP contribution in [0.5, 0.6) is 23.0 Å². The highest BCUT2D eigenvalue weighted by Crippen LogP contribution is 2.29. The summed E-state index contributed by atoms with van der Waals surface area (Å²) >= 11 is 0. The second-order valence-corrected chi connectivity index (χ2v) is 6.01. The summed E-state index contributed by atoms with van der Waals surface area (Å²) in [7, 11) is 3.08. The molecule has 0 aliphatic heterocycles. The molecule has 0 saturated carbocycles. The van der Waals surface area contributed by atoms with E-state index in [0.29, 0.717) is 28.6 Å². The largest absolute Gasteiger partial charge is 0.493 e. The highest BCUT2D eigenvalue weighted by Gasteiger charge is 2.22. The fourth-order valence-electron chi connectivity index (χ4n) is 2.61. The number of benzene rings is 3. The average molecular weight is 406 g/mol. The Morgan fingerprint density at radius 2 is 1.43 bits per heavy atom. The highest BCUT2D eigenvalue weighted by atomic mass is 16.7. The number of para-hydroxylation sites is 3. The summed E-state index contributed by atoms with van der Waals surface area (Å²) in [5, 5.41) is 4.01. The summed E-state index contributed by atoms with van der Waals surface area (Å²) in [6.07, 6.45) is 0.223. The summed E-state index contributed by atoms with van der Waals surface area (Å²) in [4.78, 5) is 12.7. The Hall–Kier alpha value is -4.00. The minimum atomic E-state index is -1.24. The van der Waals surface area contributed by atoms with Crippen molar-refractivity contribution in [3.05, 3.63) is 84.4 Å². The molecule has 1 N–H and O–H groups in total. The normalized spacial score (nSPS) is 10.6. The van der Waals surface area contributed by atoms with Gasteiger partial charge in [-0.1, -0.05) is 42.5 Å². The molecular formula is C23H22N2O5. The number of methoxy groups -OCH3 is 2. The third-order valence-corrected chi connectivity index (χ3v) is 4.00. The van der Waals surface area contributed by atoms with Gasteiger partial charge in [-0.15, -0.1) is 0 Å². The standard InChI is InChI=1S/C23H22N2O5/c1-27-20-15-9-10-17(21(20)28-2)16-24-25-22(26)23(29-18-11-5-3-6-12-18)30-19-13-7-4-8-14-19/h3-16,23H,1-2H3,(H,25,26). The molecule has 3 rings (SSSR count). The van der Waals surface area contributed by atoms with Crippen LogP contribution in [-0.4, -0.2) is 32.6 Å². The summed E-state index contributed by atoms with van der Waals surface area (Å²) in [6, 6.07) is 23.2. The number of nitrogens with zero attached hydrogens (tertiary/aromatic N) is 1. The van der Waals surface area contributed by atoms with Crippen molar-refractivity contribution < 1.29 is 23.7 Å². The van der Waals surface area contributed by atoms with Crippen LogP contribution in [-0.2, 0) is 4.79 Å². The van der Waals surface area contributed by atoms with E-state index in [1.54, 1.807) is 73.8 Å². The second kappa shape index (κ2) is 10.5. The zero-order valence-electron chi connectivity index (χ0n) is 16.6. The SMILES string of the molecule is COc1cccc(C=NNC(=O)C(Oc2ccccc2)Oc2ccccc2)c1OC. The molecule has 3 aromatic carbocycles. The Balaban J connectivity index is 1.73. The maximum absolute atomic E-state index is 12.7. The Bertz CT molecular complexity index is 936. The van der Waals surface area contributed by atoms with Crippen LogP contribution in [0.15, 0.2) is 84.0 Å². The number of carbonyl (C=O) groups is 1. The van der Waals surface area contributed by atoms with Crippen LogP contribution in [0.25, 0.3) is 0 Å². The zero-order chi connectivity index (χ0) is 21.2. The van der Waals surface area contributed by atoms with Crippen molar-refractivity contribution in [2.24, 2.45) is 5.10 Å². The second-order valence-electron chi connectivity index (χ2n) is 6.01. The van der Waals surface area contributed by atoms with E-state index in [9.17, 15) is 4.79 Å². The Morgan fingerprint density at radius 3 is 1.97 bits per heavy atom. The van der Waals surface area contributed by atoms with Crippen LogP contribution in [0.1, 0.15) is 5.56 Å². The quantitative estimate of drug-likeness (QED) is 0.333. The summed E-state index contributed by atoms with van der Waals surface area (Å²) in [5.74, 6) is 1.49. The van der Waals surface area contributed by atoms with Crippen LogP contribution >= 0.6 is 0 Å². The molecular weight excluding hydrogens is 384 g/mol. The van der Waals surface area contributed by atoms with E-state index in [4.69, 9.17) is 18.9 Å². The molecule has 1 amide bonds. The van der Waals surface area contributed by atoms with Crippen molar-refractivity contribution in [2.45, 2.75) is 6.29 Å². The van der Waals surface area contributed by atoms with Gasteiger partial charge in [-0.3, -0.25) is 4.79 Å². The van der Waals surface area contributed by atoms with Gasteiger partial charge in [0.2, 0.25) is 0 Å². The first-order chi connectivity index (χ1) is 14.7. The fraction of sp³-hybridized carbons (Fsp3) is 0.130. The maximum Gasteiger partial charge on any atom is 0.323 e. The molecule has 30 heavy (non-hydrogen) atoms. The number of carbonyl (C=O) groups excluding carboxylic acids is 1. The van der Waals surface area contributed by atoms with Crippen LogP contribution < -0.4 is 24.4 Å². The van der Waals surface area contributed by atoms with Gasteiger partial charge in [0.1, 0.15) is 11.5 Å². The van der Waals surface area contributed by atoms with E-state index >= 15 is 0 Å². The predicted octanol–water partition coefficient (Wildman–Crippen LogP) is 3.64. The van der Waals surface area contributed by atoms with E-state index in [-0.39, 0.29) is 0 Å². The van der Waals surface area contributed by atoms with E-state index in [1.807, 2.05) is 12.1 Å². The first-order valence-corrected chi connectivity index (χ1v) is 9.18. The van der Waals surface area contributed by atoms with Crippen molar-refractivity contribution in [3.63, 3.8) is 0 Å². The number of hydrogen-bond donors (Lipinski definition) is 1. The summed E-state index contributed by atoms with van der Waals surface area (Å²) < 4.78 is 22.0. The monoisotopic (exact) mass is 406 g/mol. The van der Waals surface area contributed by atoms with Crippen LogP contribution in [0.4, 0.5) is 0 Å². The van der Waals surface area contributed by atoms with E-state index in [2.05, 4.69) is 10.5 Å². The molecule has 0 aromatic heterocycles. The van der Waals surface area contributed by atoms with Gasteiger partial charge in [-0.05, 0) is 36.4 Å². The fourth-order valence-corrected chi connectivity index (χ4v) is 2.61. The van der Waals surface area contributed by atoms with Gasteiger partial charge in [-0.2, -0.15) is 5.10 Å². The number of ether oxygens (including phenoxy) is 4. The van der Waals surface area contributed by atoms with Crippen molar-refractivity contribution in [3.8, 4) is 23.0 Å². The molecule has 0 aliphatic rings. The number of hydrogen-bond acceptors (Lipinski definition) is 6. The van der Waals surface area contributed by atoms with Gasteiger partial charge in [-0.25, -0.2) is 5.43 Å². The van der Waals surface area contributed by atoms with E-state index in [1.165, 1.54) is 13.3 Å². The molecule has 0 aliphatic carbocycles. The summed E-state index contributed by atoms with van der Waals surface area (Å²) in [5.41, 5.74) is 3.09. The van der Waals surface area contributed by atoms with Gasteiger partial charge in [0.15, 0.2) is 11.5 Å². The lowest BCUT2D eigenvalue weighted by atomic mass is 10.2. The van der Waals surface area contributed by atoms with Crippen molar-refractivity contribution in [1.29, 1.82) is 0 Å². The van der Waals surface area contributed by atoms with Gasteiger partial charge in [0, 0.05) is 5.56 Å². The first-order valence-electron chi connectivity index (χ1n) is 9.18. The molecule has 7 nitrogen and oxygen atoms in total. The number of nitrogens with one attached hydrogen (secondary N) is 1. The van der Waals surface area contributed by atoms with Crippen molar-refractivity contribution in [1.82, 2.24) is 5.43 Å². The van der Waals surface area contributed by atoms with E-state index in [0.717, 1.165) is 0 Å². The van der Waals surface area contributed by atoms with Gasteiger partial charge >= 0.3 is 12.2 Å². The molecule has 0 spiro atoms. The van der Waals surface area contributed by atoms with Crippen molar-refractivity contribution >= 4 is 12.1 Å². The summed E-state index contributed by atoms with van der Waals surface area (Å²) in [6.45, 7) is 0. The minimum absolute atomic E-state index is 0.493. The lowest BCUT2D eigenvalue weighted by Crippen LogP contribution is -2.40. The lowest BCUT2D eigenvalue weighted by Gasteiger charge is -2.18. The molecule has 7 heteroatoms. The number of amides is 1. The van der Waals surface area contributed by atoms with Gasteiger partial charge in [0.25, 0.3) is 0 Å². The smallest absolute Gasteiger partial charge is 0.323 e. The molecule has 0 fully saturated rings. The molecule has 0 radical (unpaired) electrons. The van der Waals surface area contributed by atoms with E-state index < -0.39 is 12.2 Å². The molecule has 3 aromatic rings. The Kier molecular flexibility index (Phi) is 7.27. The highest BCUT2D eigenvalue weighted by molar-refractivity contribution is 5.87. The molecule has 0 unspecified atom stereocenters. The molecule has 0 bridgehead atoms. The van der Waals surface area contributed by atoms with Crippen LogP contribution in [0.3, 0.4) is 0 Å². The topological polar surface area (TPSA) is 78.4 Å². The lowest BCUT2D eigenvalue weighted by molar-refractivity contribution is -0.140. The molecule has 0 saturated heterocycles. The molecule has 0 atom stereocenters. The number of rotatable bonds is 9. The maximum atomic E-state index is 12.7. The van der Waals surface area contributed by atoms with Crippen molar-refractivity contribution in [2.75, 3.05) is 14.2 Å².